The third-order valence-corrected chi connectivity index (χ3v) is 4.59. The minimum Gasteiger partial charge on any atom is -0.466 e. The molecule has 0 saturated heterocycles. The number of benzene rings is 1. The Morgan fingerprint density at radius 1 is 1.27 bits per heavy atom. The van der Waals surface area contributed by atoms with Crippen molar-refractivity contribution in [1.29, 1.82) is 0 Å². The molecule has 1 heterocycles. The van der Waals surface area contributed by atoms with E-state index in [1.54, 1.807) is 0 Å². The summed E-state index contributed by atoms with van der Waals surface area (Å²) in [6, 6.07) is 6.18. The van der Waals surface area contributed by atoms with Crippen LogP contribution in [0.4, 0.5) is 5.69 Å². The summed E-state index contributed by atoms with van der Waals surface area (Å²) < 4.78 is 9.95. The molecule has 6 nitrogen and oxygen atoms in total. The Morgan fingerprint density at radius 2 is 2.15 bits per heavy atom. The van der Waals surface area contributed by atoms with E-state index < -0.39 is 0 Å². The number of carbonyl (C=O) groups is 1. The molecule has 26 heavy (non-hydrogen) atoms. The fourth-order valence-corrected chi connectivity index (χ4v) is 3.24. The second-order valence-corrected chi connectivity index (χ2v) is 6.51. The fourth-order valence-electron chi connectivity index (χ4n) is 3.24. The van der Waals surface area contributed by atoms with Crippen LogP contribution in [0.3, 0.4) is 0 Å². The summed E-state index contributed by atoms with van der Waals surface area (Å²) in [5.74, 6) is 1.19. The molecule has 3 rings (SSSR count). The van der Waals surface area contributed by atoms with Crippen LogP contribution in [0.5, 0.6) is 0 Å². The van der Waals surface area contributed by atoms with E-state index in [0.717, 1.165) is 67.8 Å². The van der Waals surface area contributed by atoms with Gasteiger partial charge in [-0.1, -0.05) is 23.7 Å². The van der Waals surface area contributed by atoms with Crippen molar-refractivity contribution in [3.05, 3.63) is 46.6 Å². The van der Waals surface area contributed by atoms with Crippen molar-refractivity contribution in [2.75, 3.05) is 19.0 Å². The van der Waals surface area contributed by atoms with Gasteiger partial charge in [0.15, 0.2) is 5.82 Å². The summed E-state index contributed by atoms with van der Waals surface area (Å²) in [5, 5.41) is 7.34. The second-order valence-electron chi connectivity index (χ2n) is 6.51. The van der Waals surface area contributed by atoms with Crippen LogP contribution in [-0.4, -0.2) is 29.8 Å². The third kappa shape index (κ3) is 4.50. The number of carbonyl (C=O) groups excluding carboxylic acids is 1. The standard InChI is InChI=1S/C20H25N3O3/c1-14-22-19(26-23-14)9-4-3-5-12-21-18-8-6-7-15-13-16(20(24)25-2)10-11-17(15)18/h6-8,13,21H,3-5,9-12H2,1-2H3. The lowest BCUT2D eigenvalue weighted by Gasteiger charge is -2.19. The molecule has 1 N–H and O–H groups in total. The molecule has 0 amide bonds. The first-order valence-corrected chi connectivity index (χ1v) is 9.11. The van der Waals surface area contributed by atoms with Gasteiger partial charge in [-0.2, -0.15) is 4.98 Å². The van der Waals surface area contributed by atoms with E-state index in [-0.39, 0.29) is 5.97 Å². The number of anilines is 1. The van der Waals surface area contributed by atoms with Crippen LogP contribution < -0.4 is 5.32 Å². The van der Waals surface area contributed by atoms with E-state index in [1.807, 2.05) is 19.1 Å². The normalized spacial score (nSPS) is 13.1. The molecule has 1 aliphatic carbocycles. The van der Waals surface area contributed by atoms with Crippen molar-refractivity contribution >= 4 is 17.7 Å². The molecule has 6 heteroatoms. The molecule has 0 atom stereocenters. The molecule has 1 aromatic heterocycles. The number of nitrogens with zero attached hydrogens (tertiary/aromatic N) is 2. The third-order valence-electron chi connectivity index (χ3n) is 4.59. The zero-order valence-electron chi connectivity index (χ0n) is 15.4. The molecule has 2 aromatic rings. The summed E-state index contributed by atoms with van der Waals surface area (Å²) in [6.45, 7) is 2.76. The number of hydrogen-bond donors (Lipinski definition) is 1. The molecule has 138 valence electrons. The lowest BCUT2D eigenvalue weighted by atomic mass is 9.91. The van der Waals surface area contributed by atoms with E-state index in [0.29, 0.717) is 5.82 Å². The van der Waals surface area contributed by atoms with Crippen LogP contribution >= 0.6 is 0 Å². The Labute approximate surface area is 153 Å². The van der Waals surface area contributed by atoms with Crippen LogP contribution in [0.1, 0.15) is 48.5 Å². The number of rotatable bonds is 8. The van der Waals surface area contributed by atoms with Crippen LogP contribution in [0.2, 0.25) is 0 Å². The second kappa shape index (κ2) is 8.65. The van der Waals surface area contributed by atoms with E-state index in [2.05, 4.69) is 27.6 Å². The van der Waals surface area contributed by atoms with Gasteiger partial charge in [-0.05, 0) is 55.9 Å². The first kappa shape index (κ1) is 18.2. The van der Waals surface area contributed by atoms with E-state index in [4.69, 9.17) is 9.26 Å². The maximum atomic E-state index is 11.7. The number of aromatic nitrogens is 2. The van der Waals surface area contributed by atoms with Gasteiger partial charge in [0.1, 0.15) is 0 Å². The number of fused-ring (bicyclic) bond motifs is 1. The lowest BCUT2D eigenvalue weighted by molar-refractivity contribution is -0.136. The summed E-state index contributed by atoms with van der Waals surface area (Å²) in [5.41, 5.74) is 4.29. The van der Waals surface area contributed by atoms with Gasteiger partial charge in [0.05, 0.1) is 7.11 Å². The molecule has 0 spiro atoms. The average molecular weight is 355 g/mol. The Kier molecular flexibility index (Phi) is 6.04. The molecule has 0 unspecified atom stereocenters. The lowest BCUT2D eigenvalue weighted by Crippen LogP contribution is -2.12. The number of methoxy groups -OCH3 is 1. The number of unbranched alkanes of at least 4 members (excludes halogenated alkanes) is 2. The molecule has 1 aromatic carbocycles. The molecule has 0 saturated carbocycles. The van der Waals surface area contributed by atoms with Gasteiger partial charge < -0.3 is 14.6 Å². The van der Waals surface area contributed by atoms with Gasteiger partial charge in [0.2, 0.25) is 5.89 Å². The van der Waals surface area contributed by atoms with Crippen LogP contribution in [-0.2, 0) is 22.4 Å². The number of ether oxygens (including phenoxy) is 1. The van der Waals surface area contributed by atoms with Gasteiger partial charge in [0, 0.05) is 24.2 Å². The molecule has 0 bridgehead atoms. The zero-order valence-corrected chi connectivity index (χ0v) is 15.4. The average Bonchev–Trinajstić information content (AvgIpc) is 3.08. The van der Waals surface area contributed by atoms with Crippen molar-refractivity contribution in [2.45, 2.75) is 45.4 Å². The maximum absolute atomic E-state index is 11.7. The topological polar surface area (TPSA) is 77.2 Å². The first-order chi connectivity index (χ1) is 12.7. The quantitative estimate of drug-likeness (QED) is 0.575. The number of aryl methyl sites for hydroxylation is 2. The van der Waals surface area contributed by atoms with Gasteiger partial charge in [-0.3, -0.25) is 0 Å². The minimum atomic E-state index is -0.231. The highest BCUT2D eigenvalue weighted by Crippen LogP contribution is 2.30. The Morgan fingerprint density at radius 3 is 2.92 bits per heavy atom. The number of esters is 1. The Balaban J connectivity index is 1.47. The van der Waals surface area contributed by atoms with Crippen molar-refractivity contribution in [3.63, 3.8) is 0 Å². The SMILES string of the molecule is COC(=O)C1=Cc2cccc(NCCCCCc3nc(C)no3)c2CC1. The monoisotopic (exact) mass is 355 g/mol. The predicted molar refractivity (Wildman–Crippen MR) is 99.8 cm³/mol. The van der Waals surface area contributed by atoms with E-state index >= 15 is 0 Å². The largest absolute Gasteiger partial charge is 0.466 e. The van der Waals surface area contributed by atoms with Gasteiger partial charge in [-0.15, -0.1) is 0 Å². The Bertz CT molecular complexity index is 795. The summed E-state index contributed by atoms with van der Waals surface area (Å²) >= 11 is 0. The molecule has 0 aliphatic heterocycles. The minimum absolute atomic E-state index is 0.231. The van der Waals surface area contributed by atoms with Crippen molar-refractivity contribution in [1.82, 2.24) is 10.1 Å². The van der Waals surface area contributed by atoms with E-state index in [1.165, 1.54) is 12.7 Å². The van der Waals surface area contributed by atoms with Crippen molar-refractivity contribution < 1.29 is 14.1 Å². The van der Waals surface area contributed by atoms with Crippen LogP contribution in [0.15, 0.2) is 28.3 Å². The number of nitrogens with one attached hydrogen (secondary N) is 1. The highest BCUT2D eigenvalue weighted by Gasteiger charge is 2.18. The summed E-state index contributed by atoms with van der Waals surface area (Å²) in [4.78, 5) is 15.9. The zero-order chi connectivity index (χ0) is 18.4. The van der Waals surface area contributed by atoms with Crippen molar-refractivity contribution in [2.24, 2.45) is 0 Å². The van der Waals surface area contributed by atoms with Crippen LogP contribution in [0.25, 0.3) is 6.08 Å². The molecule has 1 aliphatic rings. The molecule has 0 fully saturated rings. The van der Waals surface area contributed by atoms with Crippen LogP contribution in [0, 0.1) is 6.92 Å². The van der Waals surface area contributed by atoms with Gasteiger partial charge >= 0.3 is 5.97 Å². The van der Waals surface area contributed by atoms with Gasteiger partial charge in [0.25, 0.3) is 0 Å². The fraction of sp³-hybridized carbons (Fsp3) is 0.450. The highest BCUT2D eigenvalue weighted by molar-refractivity contribution is 5.95. The maximum Gasteiger partial charge on any atom is 0.333 e. The summed E-state index contributed by atoms with van der Waals surface area (Å²) in [7, 11) is 1.43. The van der Waals surface area contributed by atoms with Gasteiger partial charge in [-0.25, -0.2) is 4.79 Å². The molecule has 0 radical (unpaired) electrons. The molecular weight excluding hydrogens is 330 g/mol. The van der Waals surface area contributed by atoms with Crippen molar-refractivity contribution in [3.8, 4) is 0 Å². The summed E-state index contributed by atoms with van der Waals surface area (Å²) in [6.07, 6.45) is 7.60. The Hall–Kier alpha value is -2.63. The first-order valence-electron chi connectivity index (χ1n) is 9.11. The highest BCUT2D eigenvalue weighted by atomic mass is 16.5. The van der Waals surface area contributed by atoms with E-state index in [9.17, 15) is 4.79 Å². The number of hydrogen-bond acceptors (Lipinski definition) is 6. The smallest absolute Gasteiger partial charge is 0.333 e. The predicted octanol–water partition coefficient (Wildman–Crippen LogP) is 3.71. The molecular formula is C20H25N3O3.